The summed E-state index contributed by atoms with van der Waals surface area (Å²) in [5.74, 6) is 0.608. The third-order valence-corrected chi connectivity index (χ3v) is 7.01. The minimum Gasteiger partial charge on any atom is -0.354 e. The number of H-pyrrole nitrogens is 1. The van der Waals surface area contributed by atoms with Crippen LogP contribution in [0.4, 0.5) is 0 Å². The van der Waals surface area contributed by atoms with Crippen molar-refractivity contribution >= 4 is 27.5 Å². The van der Waals surface area contributed by atoms with Gasteiger partial charge in [0.1, 0.15) is 10.7 Å². The summed E-state index contributed by atoms with van der Waals surface area (Å²) in [4.78, 5) is 34.8. The zero-order chi connectivity index (χ0) is 20.9. The number of benzene rings is 1. The number of carbonyl (C=O) groups excluding carboxylic acids is 1. The van der Waals surface area contributed by atoms with Crippen LogP contribution < -0.4 is 10.9 Å². The van der Waals surface area contributed by atoms with Crippen molar-refractivity contribution in [2.75, 3.05) is 0 Å². The van der Waals surface area contributed by atoms with Gasteiger partial charge in [0.25, 0.3) is 5.56 Å². The number of nitrogens with zero attached hydrogens (tertiary/aromatic N) is 1. The number of aromatic nitrogens is 2. The molecule has 2 aromatic heterocycles. The van der Waals surface area contributed by atoms with Gasteiger partial charge in [0.2, 0.25) is 5.91 Å². The number of carbonyl (C=O) groups is 1. The summed E-state index contributed by atoms with van der Waals surface area (Å²) in [5.41, 5.74) is 2.44. The third kappa shape index (κ3) is 4.98. The van der Waals surface area contributed by atoms with Gasteiger partial charge in [-0.2, -0.15) is 0 Å². The molecule has 5 nitrogen and oxygen atoms in total. The highest BCUT2D eigenvalue weighted by atomic mass is 32.1. The smallest absolute Gasteiger partial charge is 0.259 e. The van der Waals surface area contributed by atoms with Crippen molar-refractivity contribution in [2.24, 2.45) is 0 Å². The number of hydrogen-bond acceptors (Lipinski definition) is 4. The monoisotopic (exact) mass is 423 g/mol. The van der Waals surface area contributed by atoms with Gasteiger partial charge in [0.15, 0.2) is 0 Å². The molecule has 0 bridgehead atoms. The van der Waals surface area contributed by atoms with Crippen molar-refractivity contribution in [3.63, 3.8) is 0 Å². The van der Waals surface area contributed by atoms with Gasteiger partial charge in [0.05, 0.1) is 5.39 Å². The molecule has 2 N–H and O–H groups in total. The summed E-state index contributed by atoms with van der Waals surface area (Å²) >= 11 is 1.66. The average Bonchev–Trinajstić information content (AvgIpc) is 2.93. The van der Waals surface area contributed by atoms with Gasteiger partial charge in [-0.25, -0.2) is 4.98 Å². The predicted molar refractivity (Wildman–Crippen MR) is 122 cm³/mol. The van der Waals surface area contributed by atoms with Crippen LogP contribution in [0.3, 0.4) is 0 Å². The molecule has 0 radical (unpaired) electrons. The molecule has 158 valence electrons. The Morgan fingerprint density at radius 1 is 1.17 bits per heavy atom. The molecular weight excluding hydrogens is 394 g/mol. The molecule has 1 aromatic carbocycles. The Hall–Kier alpha value is -2.47. The summed E-state index contributed by atoms with van der Waals surface area (Å²) in [7, 11) is 0. The van der Waals surface area contributed by atoms with Gasteiger partial charge in [0, 0.05) is 23.8 Å². The topological polar surface area (TPSA) is 74.8 Å². The quantitative estimate of drug-likeness (QED) is 0.556. The van der Waals surface area contributed by atoms with E-state index in [9.17, 15) is 9.59 Å². The van der Waals surface area contributed by atoms with Crippen LogP contribution in [0.25, 0.3) is 10.2 Å². The lowest BCUT2D eigenvalue weighted by Gasteiger charge is -2.13. The summed E-state index contributed by atoms with van der Waals surface area (Å²) < 4.78 is 0. The van der Waals surface area contributed by atoms with E-state index in [4.69, 9.17) is 0 Å². The first-order chi connectivity index (χ1) is 14.6. The molecule has 30 heavy (non-hydrogen) atoms. The van der Waals surface area contributed by atoms with Crippen LogP contribution in [0.5, 0.6) is 0 Å². The zero-order valence-corrected chi connectivity index (χ0v) is 18.3. The van der Waals surface area contributed by atoms with Crippen molar-refractivity contribution < 1.29 is 4.79 Å². The molecule has 0 saturated carbocycles. The molecule has 0 spiro atoms. The van der Waals surface area contributed by atoms with Crippen LogP contribution in [0.1, 0.15) is 60.9 Å². The molecule has 0 fully saturated rings. The Labute approximate surface area is 180 Å². The maximum Gasteiger partial charge on any atom is 0.259 e. The minimum atomic E-state index is -0.0500. The van der Waals surface area contributed by atoms with E-state index in [1.54, 1.807) is 11.3 Å². The Morgan fingerprint density at radius 2 is 1.97 bits per heavy atom. The number of fused-ring (bicyclic) bond motifs is 3. The molecule has 1 aliphatic rings. The fourth-order valence-electron chi connectivity index (χ4n) is 4.18. The molecular formula is C24H29N3O2S. The van der Waals surface area contributed by atoms with Crippen LogP contribution in [0.2, 0.25) is 0 Å². The molecule has 6 heteroatoms. The SMILES string of the molecule is C[C@H](CCc1ccccc1)NC(=O)CCc1nc2sc3c(c2c(=O)[nH]1)CCCCC3. The first kappa shape index (κ1) is 20.8. The van der Waals surface area contributed by atoms with Crippen LogP contribution in [-0.2, 0) is 30.5 Å². The molecule has 1 aliphatic carbocycles. The summed E-state index contributed by atoms with van der Waals surface area (Å²) in [5, 5.41) is 3.84. The van der Waals surface area contributed by atoms with E-state index in [1.165, 1.54) is 28.8 Å². The number of aromatic amines is 1. The Morgan fingerprint density at radius 3 is 2.80 bits per heavy atom. The normalized spacial score (nSPS) is 14.8. The van der Waals surface area contributed by atoms with E-state index in [0.717, 1.165) is 42.3 Å². The Bertz CT molecular complexity index is 1070. The predicted octanol–water partition coefficient (Wildman–Crippen LogP) is 4.32. The Kier molecular flexibility index (Phi) is 6.62. The lowest BCUT2D eigenvalue weighted by atomic mass is 10.1. The maximum atomic E-state index is 12.7. The van der Waals surface area contributed by atoms with Crippen LogP contribution in [0, 0.1) is 0 Å². The number of nitrogens with one attached hydrogen (secondary N) is 2. The molecule has 0 unspecified atom stereocenters. The van der Waals surface area contributed by atoms with Crippen molar-refractivity contribution in [2.45, 2.75) is 70.8 Å². The van der Waals surface area contributed by atoms with E-state index in [0.29, 0.717) is 18.7 Å². The second-order valence-electron chi connectivity index (χ2n) is 8.25. The number of aryl methyl sites for hydroxylation is 4. The molecule has 0 aliphatic heterocycles. The van der Waals surface area contributed by atoms with E-state index >= 15 is 0 Å². The van der Waals surface area contributed by atoms with Crippen molar-refractivity contribution in [3.8, 4) is 0 Å². The van der Waals surface area contributed by atoms with Gasteiger partial charge >= 0.3 is 0 Å². The number of amides is 1. The first-order valence-electron chi connectivity index (χ1n) is 11.0. The maximum absolute atomic E-state index is 12.7. The molecule has 2 heterocycles. The number of hydrogen-bond donors (Lipinski definition) is 2. The fourth-order valence-corrected chi connectivity index (χ4v) is 5.46. The van der Waals surface area contributed by atoms with E-state index in [1.807, 2.05) is 25.1 Å². The lowest BCUT2D eigenvalue weighted by Crippen LogP contribution is -2.33. The zero-order valence-electron chi connectivity index (χ0n) is 17.5. The largest absolute Gasteiger partial charge is 0.354 e. The van der Waals surface area contributed by atoms with Gasteiger partial charge in [-0.1, -0.05) is 36.8 Å². The highest BCUT2D eigenvalue weighted by Gasteiger charge is 2.19. The van der Waals surface area contributed by atoms with E-state index in [2.05, 4.69) is 27.4 Å². The van der Waals surface area contributed by atoms with Crippen LogP contribution >= 0.6 is 11.3 Å². The molecule has 4 rings (SSSR count). The number of rotatable bonds is 7. The lowest BCUT2D eigenvalue weighted by molar-refractivity contribution is -0.121. The molecule has 1 amide bonds. The van der Waals surface area contributed by atoms with Gasteiger partial charge < -0.3 is 10.3 Å². The fraction of sp³-hybridized carbons (Fsp3) is 0.458. The van der Waals surface area contributed by atoms with Crippen LogP contribution in [0.15, 0.2) is 35.1 Å². The highest BCUT2D eigenvalue weighted by Crippen LogP contribution is 2.32. The third-order valence-electron chi connectivity index (χ3n) is 5.83. The highest BCUT2D eigenvalue weighted by molar-refractivity contribution is 7.18. The minimum absolute atomic E-state index is 0.000249. The standard InChI is InChI=1S/C24H29N3O2S/c1-16(12-13-17-8-4-2-5-9-17)25-21(28)15-14-20-26-23(29)22-18-10-6-3-7-11-19(18)30-24(22)27-20/h2,4-5,8-9,16H,3,6-7,10-15H2,1H3,(H,25,28)(H,26,27,29)/t16-/m1/s1. The summed E-state index contributed by atoms with van der Waals surface area (Å²) in [6.07, 6.45) is 8.20. The summed E-state index contributed by atoms with van der Waals surface area (Å²) in [6.45, 7) is 2.03. The average molecular weight is 424 g/mol. The second-order valence-corrected chi connectivity index (χ2v) is 9.33. The molecule has 1 atom stereocenters. The van der Waals surface area contributed by atoms with Gasteiger partial charge in [-0.05, 0) is 56.6 Å². The van der Waals surface area contributed by atoms with Crippen molar-refractivity contribution in [1.82, 2.24) is 15.3 Å². The van der Waals surface area contributed by atoms with Gasteiger partial charge in [-0.3, -0.25) is 9.59 Å². The van der Waals surface area contributed by atoms with Gasteiger partial charge in [-0.15, -0.1) is 11.3 Å². The Balaban J connectivity index is 1.34. The molecule has 3 aromatic rings. The van der Waals surface area contributed by atoms with Crippen molar-refractivity contribution in [3.05, 3.63) is 62.5 Å². The van der Waals surface area contributed by atoms with E-state index < -0.39 is 0 Å². The van der Waals surface area contributed by atoms with Crippen LogP contribution in [-0.4, -0.2) is 21.9 Å². The van der Waals surface area contributed by atoms with E-state index in [-0.39, 0.29) is 17.5 Å². The molecule has 0 saturated heterocycles. The van der Waals surface area contributed by atoms with Crippen molar-refractivity contribution in [1.29, 1.82) is 0 Å². The summed E-state index contributed by atoms with van der Waals surface area (Å²) in [6, 6.07) is 10.4. The second kappa shape index (κ2) is 9.56. The number of thiophene rings is 1. The first-order valence-corrected chi connectivity index (χ1v) is 11.8.